The second kappa shape index (κ2) is 9.16. The fourth-order valence-electron chi connectivity index (χ4n) is 2.93. The van der Waals surface area contributed by atoms with Gasteiger partial charge in [0.1, 0.15) is 17.7 Å². The smallest absolute Gasteiger partial charge is 0.326 e. The van der Waals surface area contributed by atoms with Gasteiger partial charge in [-0.15, -0.1) is 0 Å². The number of carboxylic acid groups (broad SMARTS) is 1. The minimum absolute atomic E-state index is 0.287. The number of likely N-dealkylation sites (tertiary alicyclic amines) is 1. The molecular weight excluding hydrogens is 354 g/mol. The topological polar surface area (TPSA) is 139 Å². The predicted molar refractivity (Wildman–Crippen MR) is 97.6 cm³/mol. The predicted octanol–water partition coefficient (Wildman–Crippen LogP) is 0.262. The van der Waals surface area contributed by atoms with Crippen LogP contribution in [0, 0.1) is 5.92 Å². The Labute approximate surface area is 159 Å². The molecule has 27 heavy (non-hydrogen) atoms. The molecule has 1 rings (SSSR count). The quantitative estimate of drug-likeness (QED) is 0.534. The van der Waals surface area contributed by atoms with Crippen LogP contribution in [-0.2, 0) is 23.9 Å². The molecule has 2 amide bonds. The largest absolute Gasteiger partial charge is 0.480 e. The van der Waals surface area contributed by atoms with E-state index in [1.165, 1.54) is 4.90 Å². The Morgan fingerprint density at radius 3 is 2.33 bits per heavy atom. The number of nitrogens with zero attached hydrogens (tertiary/aromatic N) is 1. The Morgan fingerprint density at radius 1 is 1.26 bits per heavy atom. The summed E-state index contributed by atoms with van der Waals surface area (Å²) in [7, 11) is 0. The Bertz CT molecular complexity index is 584. The highest BCUT2D eigenvalue weighted by Gasteiger charge is 2.38. The summed E-state index contributed by atoms with van der Waals surface area (Å²) in [4.78, 5) is 49.6. The van der Waals surface area contributed by atoms with E-state index in [1.54, 1.807) is 34.6 Å². The molecule has 4 N–H and O–H groups in total. The van der Waals surface area contributed by atoms with Crippen molar-refractivity contribution in [3.05, 3.63) is 0 Å². The highest BCUT2D eigenvalue weighted by atomic mass is 16.6. The SMILES string of the molecule is CC(C)[C@H](NC(=O)[C@@H]1CCCN1C(=O)[C@@H](N)CC(=O)OC(C)(C)C)C(=O)O. The number of amides is 2. The number of nitrogens with two attached hydrogens (primary N) is 1. The Kier molecular flexibility index (Phi) is 7.77. The number of hydrogen-bond acceptors (Lipinski definition) is 6. The fraction of sp³-hybridized carbons (Fsp3) is 0.778. The summed E-state index contributed by atoms with van der Waals surface area (Å²) >= 11 is 0. The van der Waals surface area contributed by atoms with E-state index < -0.39 is 47.5 Å². The van der Waals surface area contributed by atoms with Crippen molar-refractivity contribution in [2.45, 2.75) is 77.6 Å². The summed E-state index contributed by atoms with van der Waals surface area (Å²) in [5.74, 6) is -3.06. The Hall–Kier alpha value is -2.16. The average Bonchev–Trinajstić information content (AvgIpc) is 2.98. The third-order valence-electron chi connectivity index (χ3n) is 4.19. The standard InChI is InChI=1S/C18H31N3O6/c1-10(2)14(17(25)26)20-15(23)12-7-6-8-21(12)16(24)11(19)9-13(22)27-18(3,4)5/h10-12,14H,6-9,19H2,1-5H3,(H,20,23)(H,25,26)/t11-,12-,14-/m0/s1. The molecule has 0 spiro atoms. The van der Waals surface area contributed by atoms with Crippen LogP contribution in [-0.4, -0.2) is 64.0 Å². The highest BCUT2D eigenvalue weighted by Crippen LogP contribution is 2.20. The molecule has 0 aliphatic carbocycles. The maximum absolute atomic E-state index is 12.6. The number of ether oxygens (including phenoxy) is 1. The molecule has 0 unspecified atom stereocenters. The zero-order chi connectivity index (χ0) is 20.9. The highest BCUT2D eigenvalue weighted by molar-refractivity contribution is 5.93. The molecule has 1 saturated heterocycles. The lowest BCUT2D eigenvalue weighted by atomic mass is 10.0. The molecular formula is C18H31N3O6. The zero-order valence-electron chi connectivity index (χ0n) is 16.7. The third kappa shape index (κ3) is 6.82. The van der Waals surface area contributed by atoms with Crippen LogP contribution in [0.2, 0.25) is 0 Å². The molecule has 1 aliphatic heterocycles. The van der Waals surface area contributed by atoms with Gasteiger partial charge < -0.3 is 25.8 Å². The van der Waals surface area contributed by atoms with Crippen molar-refractivity contribution in [3.8, 4) is 0 Å². The van der Waals surface area contributed by atoms with Gasteiger partial charge in [0.2, 0.25) is 11.8 Å². The summed E-state index contributed by atoms with van der Waals surface area (Å²) in [6.45, 7) is 8.85. The van der Waals surface area contributed by atoms with Gasteiger partial charge in [0.25, 0.3) is 0 Å². The van der Waals surface area contributed by atoms with Gasteiger partial charge in [-0.2, -0.15) is 0 Å². The van der Waals surface area contributed by atoms with E-state index in [4.69, 9.17) is 10.5 Å². The van der Waals surface area contributed by atoms with Gasteiger partial charge in [-0.05, 0) is 39.5 Å². The molecule has 1 aliphatic rings. The summed E-state index contributed by atoms with van der Waals surface area (Å²) < 4.78 is 5.17. The van der Waals surface area contributed by atoms with Crippen molar-refractivity contribution in [2.24, 2.45) is 11.7 Å². The number of aliphatic carboxylic acids is 1. The molecule has 0 bridgehead atoms. The molecule has 154 valence electrons. The van der Waals surface area contributed by atoms with E-state index in [0.29, 0.717) is 19.4 Å². The van der Waals surface area contributed by atoms with E-state index in [2.05, 4.69) is 5.32 Å². The molecule has 1 fully saturated rings. The Morgan fingerprint density at radius 2 is 1.85 bits per heavy atom. The molecule has 0 radical (unpaired) electrons. The van der Waals surface area contributed by atoms with Crippen molar-refractivity contribution in [2.75, 3.05) is 6.54 Å². The summed E-state index contributed by atoms with van der Waals surface area (Å²) in [6.07, 6.45) is 0.730. The fourth-order valence-corrected chi connectivity index (χ4v) is 2.93. The molecule has 0 aromatic rings. The lowest BCUT2D eigenvalue weighted by Crippen LogP contribution is -2.55. The van der Waals surface area contributed by atoms with E-state index >= 15 is 0 Å². The zero-order valence-corrected chi connectivity index (χ0v) is 16.7. The van der Waals surface area contributed by atoms with Gasteiger partial charge >= 0.3 is 11.9 Å². The number of hydrogen-bond donors (Lipinski definition) is 3. The first kappa shape index (κ1) is 22.9. The van der Waals surface area contributed by atoms with Crippen LogP contribution in [0.1, 0.15) is 53.9 Å². The van der Waals surface area contributed by atoms with Crippen molar-refractivity contribution in [1.29, 1.82) is 0 Å². The minimum Gasteiger partial charge on any atom is -0.480 e. The van der Waals surface area contributed by atoms with Crippen molar-refractivity contribution >= 4 is 23.8 Å². The van der Waals surface area contributed by atoms with Gasteiger partial charge in [-0.1, -0.05) is 13.8 Å². The first-order valence-electron chi connectivity index (χ1n) is 9.14. The van der Waals surface area contributed by atoms with Gasteiger partial charge in [-0.25, -0.2) is 4.79 Å². The van der Waals surface area contributed by atoms with Gasteiger partial charge in [0.05, 0.1) is 12.5 Å². The third-order valence-corrected chi connectivity index (χ3v) is 4.19. The van der Waals surface area contributed by atoms with E-state index in [1.807, 2.05) is 0 Å². The van der Waals surface area contributed by atoms with Crippen LogP contribution in [0.5, 0.6) is 0 Å². The second-order valence-corrected chi connectivity index (χ2v) is 8.16. The number of rotatable bonds is 7. The van der Waals surface area contributed by atoms with Crippen molar-refractivity contribution in [3.63, 3.8) is 0 Å². The monoisotopic (exact) mass is 385 g/mol. The first-order valence-corrected chi connectivity index (χ1v) is 9.14. The maximum atomic E-state index is 12.6. The van der Waals surface area contributed by atoms with E-state index in [-0.39, 0.29) is 12.3 Å². The molecule has 1 heterocycles. The van der Waals surface area contributed by atoms with E-state index in [0.717, 1.165) is 0 Å². The first-order chi connectivity index (χ1) is 12.3. The number of nitrogens with one attached hydrogen (secondary N) is 1. The van der Waals surface area contributed by atoms with E-state index in [9.17, 15) is 24.3 Å². The molecule has 0 aromatic carbocycles. The van der Waals surface area contributed by atoms with Crippen LogP contribution >= 0.6 is 0 Å². The molecule has 0 saturated carbocycles. The maximum Gasteiger partial charge on any atom is 0.326 e. The molecule has 9 nitrogen and oxygen atoms in total. The second-order valence-electron chi connectivity index (χ2n) is 8.16. The number of carbonyl (C=O) groups excluding carboxylic acids is 3. The summed E-state index contributed by atoms with van der Waals surface area (Å²) in [5.41, 5.74) is 5.18. The van der Waals surface area contributed by atoms with Gasteiger partial charge in [0, 0.05) is 6.54 Å². The molecule has 3 atom stereocenters. The van der Waals surface area contributed by atoms with Crippen LogP contribution in [0.15, 0.2) is 0 Å². The van der Waals surface area contributed by atoms with Gasteiger partial charge in [-0.3, -0.25) is 14.4 Å². The van der Waals surface area contributed by atoms with Gasteiger partial charge in [0.15, 0.2) is 0 Å². The lowest BCUT2D eigenvalue weighted by molar-refractivity contribution is -0.157. The average molecular weight is 385 g/mol. The molecule has 0 aromatic heterocycles. The van der Waals surface area contributed by atoms with Crippen LogP contribution in [0.25, 0.3) is 0 Å². The minimum atomic E-state index is -1.13. The van der Waals surface area contributed by atoms with Crippen LogP contribution < -0.4 is 11.1 Å². The number of esters is 1. The van der Waals surface area contributed by atoms with Crippen LogP contribution in [0.3, 0.4) is 0 Å². The lowest BCUT2D eigenvalue weighted by Gasteiger charge is -2.28. The normalized spacial score (nSPS) is 19.5. The molecule has 9 heteroatoms. The summed E-state index contributed by atoms with van der Waals surface area (Å²) in [6, 6.07) is -2.94. The van der Waals surface area contributed by atoms with Crippen molar-refractivity contribution < 1.29 is 29.0 Å². The number of carboxylic acids is 1. The van der Waals surface area contributed by atoms with Crippen molar-refractivity contribution in [1.82, 2.24) is 10.2 Å². The Balaban J connectivity index is 2.75. The summed E-state index contributed by atoms with van der Waals surface area (Å²) in [5, 5.41) is 11.7. The number of carbonyl (C=O) groups is 4. The van der Waals surface area contributed by atoms with Crippen LogP contribution in [0.4, 0.5) is 0 Å².